The third-order valence-electron chi connectivity index (χ3n) is 9.30. The first-order valence-electron chi connectivity index (χ1n) is 16.0. The SMILES string of the molecule is CC1(C)c2cc3ccccc3[c-]c2-c2ncnc3cc(-c4ccccc4)cc1c23.CCC(CC)C(=O)/C=C(\O)C(CC)CC.[Ir]. The minimum absolute atomic E-state index is 0. The first kappa shape index (κ1) is 34.2. The second kappa shape index (κ2) is 14.6. The van der Waals surface area contributed by atoms with Crippen LogP contribution in [0.2, 0.25) is 0 Å². The Kier molecular flexibility index (Phi) is 11.1. The number of allylic oxidation sites excluding steroid dienone is 2. The molecule has 1 aliphatic carbocycles. The quantitative estimate of drug-likeness (QED) is 0.0969. The summed E-state index contributed by atoms with van der Waals surface area (Å²) in [6.07, 6.45) is 6.59. The van der Waals surface area contributed by atoms with Gasteiger partial charge in [0.05, 0.1) is 11.3 Å². The summed E-state index contributed by atoms with van der Waals surface area (Å²) in [5.41, 5.74) is 7.86. The van der Waals surface area contributed by atoms with E-state index in [1.54, 1.807) is 6.33 Å². The van der Waals surface area contributed by atoms with E-state index in [9.17, 15) is 9.90 Å². The van der Waals surface area contributed by atoms with E-state index in [1.807, 2.05) is 27.7 Å². The minimum Gasteiger partial charge on any atom is -0.512 e. The van der Waals surface area contributed by atoms with Gasteiger partial charge in [0, 0.05) is 43.7 Å². The van der Waals surface area contributed by atoms with Crippen LogP contribution < -0.4 is 0 Å². The Morgan fingerprint density at radius 2 is 1.47 bits per heavy atom. The number of hydrogen-bond donors (Lipinski definition) is 1. The van der Waals surface area contributed by atoms with Crippen molar-refractivity contribution in [2.45, 2.75) is 72.6 Å². The monoisotopic (exact) mass is 776 g/mol. The Morgan fingerprint density at radius 1 is 0.822 bits per heavy atom. The van der Waals surface area contributed by atoms with E-state index < -0.39 is 0 Å². The summed E-state index contributed by atoms with van der Waals surface area (Å²) >= 11 is 0. The third-order valence-corrected chi connectivity index (χ3v) is 9.30. The molecule has 1 N–H and O–H groups in total. The Hall–Kier alpha value is -3.66. The Balaban J connectivity index is 0.000000249. The van der Waals surface area contributed by atoms with Crippen molar-refractivity contribution < 1.29 is 30.0 Å². The van der Waals surface area contributed by atoms with Crippen molar-refractivity contribution in [1.82, 2.24) is 9.97 Å². The van der Waals surface area contributed by atoms with Crippen molar-refractivity contribution in [2.24, 2.45) is 11.8 Å². The standard InChI is InChI=1S/C27H19N2.C13H24O2.Ir/c1-27(2)22-13-19-11-7-6-10-18(19)12-21(22)26-25-23(27)14-20(15-24(25)28-16-29-26)17-8-4-3-5-9-17;1-5-10(6-2)12(14)9-13(15)11(7-3)8-4;/h3-11,13-16H,1-2H3;9-11,14H,5-8H2,1-4H3;/q-1;;/b;12-9-;. The van der Waals surface area contributed by atoms with Crippen LogP contribution in [0.5, 0.6) is 0 Å². The molecule has 0 saturated carbocycles. The molecule has 0 saturated heterocycles. The number of fused-ring (bicyclic) bond motifs is 3. The molecule has 45 heavy (non-hydrogen) atoms. The van der Waals surface area contributed by atoms with Gasteiger partial charge in [-0.15, -0.1) is 23.6 Å². The van der Waals surface area contributed by atoms with Crippen LogP contribution >= 0.6 is 0 Å². The molecule has 4 aromatic carbocycles. The second-order valence-electron chi connectivity index (χ2n) is 12.3. The Bertz CT molecular complexity index is 1820. The smallest absolute Gasteiger partial charge is 0.162 e. The summed E-state index contributed by atoms with van der Waals surface area (Å²) in [5.74, 6) is 0.547. The number of carbonyl (C=O) groups is 1. The van der Waals surface area contributed by atoms with E-state index >= 15 is 0 Å². The molecule has 6 rings (SSSR count). The molecule has 4 nitrogen and oxygen atoms in total. The maximum atomic E-state index is 11.7. The zero-order valence-corrected chi connectivity index (χ0v) is 29.5. The predicted octanol–water partition coefficient (Wildman–Crippen LogP) is 10.4. The van der Waals surface area contributed by atoms with Gasteiger partial charge in [0.25, 0.3) is 0 Å². The van der Waals surface area contributed by atoms with Gasteiger partial charge < -0.3 is 5.11 Å². The maximum Gasteiger partial charge on any atom is 0.162 e. The molecule has 1 radical (unpaired) electrons. The topological polar surface area (TPSA) is 63.1 Å². The van der Waals surface area contributed by atoms with Crippen LogP contribution in [0.1, 0.15) is 78.4 Å². The molecule has 0 bridgehead atoms. The molecular weight excluding hydrogens is 733 g/mol. The van der Waals surface area contributed by atoms with Crippen molar-refractivity contribution >= 4 is 27.5 Å². The van der Waals surface area contributed by atoms with Crippen LogP contribution in [-0.2, 0) is 30.3 Å². The summed E-state index contributed by atoms with van der Waals surface area (Å²) in [6, 6.07) is 29.4. The summed E-state index contributed by atoms with van der Waals surface area (Å²) in [4.78, 5) is 21.1. The molecule has 1 aromatic heterocycles. The fraction of sp³-hybridized carbons (Fsp3) is 0.325. The van der Waals surface area contributed by atoms with Gasteiger partial charge in [-0.25, -0.2) is 4.98 Å². The van der Waals surface area contributed by atoms with E-state index in [1.165, 1.54) is 33.7 Å². The van der Waals surface area contributed by atoms with Crippen LogP contribution in [0.25, 0.3) is 44.1 Å². The molecule has 0 fully saturated rings. The van der Waals surface area contributed by atoms with Crippen LogP contribution in [0.3, 0.4) is 0 Å². The number of hydrogen-bond acceptors (Lipinski definition) is 4. The molecule has 0 aliphatic heterocycles. The van der Waals surface area contributed by atoms with Gasteiger partial charge in [-0.3, -0.25) is 9.78 Å². The zero-order chi connectivity index (χ0) is 31.4. The third kappa shape index (κ3) is 6.81. The van der Waals surface area contributed by atoms with Crippen LogP contribution in [0, 0.1) is 17.9 Å². The Labute approximate surface area is 281 Å². The summed E-state index contributed by atoms with van der Waals surface area (Å²) < 4.78 is 0. The van der Waals surface area contributed by atoms with Crippen molar-refractivity contribution in [3.8, 4) is 22.4 Å². The summed E-state index contributed by atoms with van der Waals surface area (Å²) in [6.45, 7) is 12.7. The second-order valence-corrected chi connectivity index (χ2v) is 12.3. The number of aromatic nitrogens is 2. The molecule has 0 spiro atoms. The average Bonchev–Trinajstić information content (AvgIpc) is 3.04. The van der Waals surface area contributed by atoms with Gasteiger partial charge in [-0.05, 0) is 59.2 Å². The van der Waals surface area contributed by atoms with E-state index in [-0.39, 0.29) is 48.9 Å². The van der Waals surface area contributed by atoms with Crippen LogP contribution in [0.15, 0.2) is 91.0 Å². The van der Waals surface area contributed by atoms with E-state index in [2.05, 4.69) is 97.7 Å². The van der Waals surface area contributed by atoms with Gasteiger partial charge in [-0.1, -0.05) is 113 Å². The largest absolute Gasteiger partial charge is 0.512 e. The first-order chi connectivity index (χ1) is 21.2. The number of ketones is 1. The number of rotatable bonds is 8. The fourth-order valence-electron chi connectivity index (χ4n) is 6.44. The molecule has 235 valence electrons. The van der Waals surface area contributed by atoms with Crippen molar-refractivity contribution in [1.29, 1.82) is 0 Å². The maximum absolute atomic E-state index is 11.7. The average molecular weight is 776 g/mol. The number of aliphatic hydroxyl groups excluding tert-OH is 1. The minimum atomic E-state index is -0.170. The van der Waals surface area contributed by atoms with Crippen molar-refractivity contribution in [2.75, 3.05) is 0 Å². The van der Waals surface area contributed by atoms with Crippen molar-refractivity contribution in [3.63, 3.8) is 0 Å². The molecule has 1 heterocycles. The normalized spacial score (nSPS) is 13.3. The van der Waals surface area contributed by atoms with Gasteiger partial charge in [0.15, 0.2) is 5.78 Å². The van der Waals surface area contributed by atoms with E-state index in [0.717, 1.165) is 53.2 Å². The molecule has 0 atom stereocenters. The Morgan fingerprint density at radius 3 is 2.13 bits per heavy atom. The van der Waals surface area contributed by atoms with E-state index in [0.29, 0.717) is 0 Å². The zero-order valence-electron chi connectivity index (χ0n) is 27.1. The molecule has 1 aliphatic rings. The van der Waals surface area contributed by atoms with Gasteiger partial charge in [0.2, 0.25) is 0 Å². The van der Waals surface area contributed by atoms with Gasteiger partial charge in [-0.2, -0.15) is 0 Å². The number of carbonyl (C=O) groups excluding carboxylic acids is 1. The molecular formula is C40H43IrN2O2-. The first-order valence-corrected chi connectivity index (χ1v) is 16.0. The predicted molar refractivity (Wildman–Crippen MR) is 183 cm³/mol. The van der Waals surface area contributed by atoms with Gasteiger partial charge in [0.1, 0.15) is 6.33 Å². The van der Waals surface area contributed by atoms with Gasteiger partial charge >= 0.3 is 0 Å². The van der Waals surface area contributed by atoms with Crippen molar-refractivity contribution in [3.05, 3.63) is 108 Å². The molecule has 5 aromatic rings. The molecule has 5 heteroatoms. The summed E-state index contributed by atoms with van der Waals surface area (Å²) in [7, 11) is 0. The van der Waals surface area contributed by atoms with Crippen LogP contribution in [-0.4, -0.2) is 20.9 Å². The van der Waals surface area contributed by atoms with E-state index in [4.69, 9.17) is 4.98 Å². The number of aliphatic hydroxyl groups is 1. The molecule has 0 unspecified atom stereocenters. The fourth-order valence-corrected chi connectivity index (χ4v) is 6.44. The van der Waals surface area contributed by atoms with Crippen LogP contribution in [0.4, 0.5) is 0 Å². The number of benzene rings is 4. The molecule has 0 amide bonds. The number of nitrogens with zero attached hydrogens (tertiary/aromatic N) is 2. The summed E-state index contributed by atoms with van der Waals surface area (Å²) in [5, 5.41) is 13.2.